The summed E-state index contributed by atoms with van der Waals surface area (Å²) in [7, 11) is 0. The van der Waals surface area contributed by atoms with Crippen molar-refractivity contribution in [3.8, 4) is 0 Å². The Morgan fingerprint density at radius 1 is 1.06 bits per heavy atom. The van der Waals surface area contributed by atoms with Crippen molar-refractivity contribution in [3.05, 3.63) is 22.8 Å². The number of carbonyl (C=O) groups is 1. The zero-order chi connectivity index (χ0) is 13.1. The lowest BCUT2D eigenvalue weighted by Gasteiger charge is -2.15. The Kier molecular flexibility index (Phi) is 3.94. The highest BCUT2D eigenvalue weighted by Gasteiger charge is 2.21. The van der Waals surface area contributed by atoms with Gasteiger partial charge in [-0.1, -0.05) is 25.7 Å². The second kappa shape index (κ2) is 5.46. The first kappa shape index (κ1) is 13.0. The van der Waals surface area contributed by atoms with E-state index in [-0.39, 0.29) is 5.56 Å². The largest absolute Gasteiger partial charge is 0.478 e. The number of aromatic carboxylic acids is 1. The van der Waals surface area contributed by atoms with E-state index in [0.29, 0.717) is 17.3 Å². The molecule has 0 spiro atoms. The Morgan fingerprint density at radius 3 is 2.00 bits per heavy atom. The molecule has 0 bridgehead atoms. The molecule has 18 heavy (non-hydrogen) atoms. The van der Waals surface area contributed by atoms with E-state index < -0.39 is 5.97 Å². The lowest BCUT2D eigenvalue weighted by molar-refractivity contribution is 0.0694. The van der Waals surface area contributed by atoms with Gasteiger partial charge >= 0.3 is 5.97 Å². The molecule has 1 aliphatic carbocycles. The first-order valence-corrected chi connectivity index (χ1v) is 6.68. The SMILES string of the molecule is Cc1nc(C2CCCCCC2)nc(C)c1C(=O)O. The maximum atomic E-state index is 11.1. The van der Waals surface area contributed by atoms with Gasteiger partial charge in [-0.25, -0.2) is 14.8 Å². The molecule has 0 aliphatic heterocycles. The van der Waals surface area contributed by atoms with Crippen LogP contribution in [0.4, 0.5) is 0 Å². The number of carboxylic acids is 1. The zero-order valence-electron chi connectivity index (χ0n) is 11.1. The van der Waals surface area contributed by atoms with Gasteiger partial charge in [-0.3, -0.25) is 0 Å². The van der Waals surface area contributed by atoms with E-state index in [2.05, 4.69) is 9.97 Å². The molecule has 1 aromatic rings. The summed E-state index contributed by atoms with van der Waals surface area (Å²) < 4.78 is 0. The van der Waals surface area contributed by atoms with Crippen LogP contribution in [0, 0.1) is 13.8 Å². The average Bonchev–Trinajstić information content (AvgIpc) is 2.55. The first-order valence-electron chi connectivity index (χ1n) is 6.68. The summed E-state index contributed by atoms with van der Waals surface area (Å²) in [5.41, 5.74) is 1.44. The fourth-order valence-electron chi connectivity index (χ4n) is 2.77. The molecule has 0 atom stereocenters. The van der Waals surface area contributed by atoms with Crippen LogP contribution in [0.25, 0.3) is 0 Å². The molecule has 0 saturated heterocycles. The predicted octanol–water partition coefficient (Wildman–Crippen LogP) is 3.23. The number of aryl methyl sites for hydroxylation is 2. The molecule has 1 saturated carbocycles. The molecule has 0 unspecified atom stereocenters. The molecule has 4 nitrogen and oxygen atoms in total. The summed E-state index contributed by atoms with van der Waals surface area (Å²) in [5, 5.41) is 9.11. The van der Waals surface area contributed by atoms with E-state index in [1.54, 1.807) is 13.8 Å². The molecule has 1 N–H and O–H groups in total. The Morgan fingerprint density at radius 2 is 1.56 bits per heavy atom. The van der Waals surface area contributed by atoms with Crippen LogP contribution in [-0.2, 0) is 0 Å². The molecule has 4 heteroatoms. The highest BCUT2D eigenvalue weighted by atomic mass is 16.4. The van der Waals surface area contributed by atoms with Gasteiger partial charge in [0.25, 0.3) is 0 Å². The molecule has 1 aliphatic rings. The fraction of sp³-hybridized carbons (Fsp3) is 0.643. The van der Waals surface area contributed by atoms with Crippen LogP contribution in [0.15, 0.2) is 0 Å². The molecule has 0 radical (unpaired) electrons. The molecule has 1 heterocycles. The van der Waals surface area contributed by atoms with Gasteiger partial charge in [0, 0.05) is 5.92 Å². The van der Waals surface area contributed by atoms with E-state index in [0.717, 1.165) is 18.7 Å². The fourth-order valence-corrected chi connectivity index (χ4v) is 2.77. The quantitative estimate of drug-likeness (QED) is 0.816. The van der Waals surface area contributed by atoms with Gasteiger partial charge in [-0.05, 0) is 26.7 Å². The van der Waals surface area contributed by atoms with E-state index in [1.165, 1.54) is 25.7 Å². The molecule has 1 fully saturated rings. The smallest absolute Gasteiger partial charge is 0.339 e. The maximum absolute atomic E-state index is 11.1. The lowest BCUT2D eigenvalue weighted by Crippen LogP contribution is -2.12. The van der Waals surface area contributed by atoms with Gasteiger partial charge in [0.15, 0.2) is 0 Å². The van der Waals surface area contributed by atoms with Crippen molar-refractivity contribution in [1.29, 1.82) is 0 Å². The minimum absolute atomic E-state index is 0.257. The molecular weight excluding hydrogens is 228 g/mol. The second-order valence-electron chi connectivity index (χ2n) is 5.12. The highest BCUT2D eigenvalue weighted by Crippen LogP contribution is 2.30. The number of carboxylic acid groups (broad SMARTS) is 1. The van der Waals surface area contributed by atoms with Crippen LogP contribution in [0.5, 0.6) is 0 Å². The van der Waals surface area contributed by atoms with Crippen LogP contribution in [0.1, 0.15) is 72.0 Å². The van der Waals surface area contributed by atoms with Crippen molar-refractivity contribution in [1.82, 2.24) is 9.97 Å². The molecule has 98 valence electrons. The Labute approximate surface area is 107 Å². The highest BCUT2D eigenvalue weighted by molar-refractivity contribution is 5.89. The van der Waals surface area contributed by atoms with E-state index >= 15 is 0 Å². The van der Waals surface area contributed by atoms with Crippen LogP contribution in [0.2, 0.25) is 0 Å². The second-order valence-corrected chi connectivity index (χ2v) is 5.12. The van der Waals surface area contributed by atoms with Crippen molar-refractivity contribution in [2.45, 2.75) is 58.3 Å². The summed E-state index contributed by atoms with van der Waals surface area (Å²) in [6.07, 6.45) is 7.31. The van der Waals surface area contributed by atoms with Crippen LogP contribution in [0.3, 0.4) is 0 Å². The normalized spacial score (nSPS) is 17.4. The molecule has 0 amide bonds. The van der Waals surface area contributed by atoms with Crippen LogP contribution >= 0.6 is 0 Å². The number of hydrogen-bond donors (Lipinski definition) is 1. The molecule has 1 aromatic heterocycles. The third-order valence-electron chi connectivity index (χ3n) is 3.72. The van der Waals surface area contributed by atoms with Crippen molar-refractivity contribution in [3.63, 3.8) is 0 Å². The van der Waals surface area contributed by atoms with Gasteiger partial charge in [-0.2, -0.15) is 0 Å². The van der Waals surface area contributed by atoms with Crippen molar-refractivity contribution in [2.24, 2.45) is 0 Å². The minimum atomic E-state index is -0.933. The number of rotatable bonds is 2. The summed E-state index contributed by atoms with van der Waals surface area (Å²) in [5.74, 6) is 0.321. The zero-order valence-corrected chi connectivity index (χ0v) is 11.1. The van der Waals surface area contributed by atoms with Gasteiger partial charge < -0.3 is 5.11 Å². The number of aromatic nitrogens is 2. The third-order valence-corrected chi connectivity index (χ3v) is 3.72. The number of hydrogen-bond acceptors (Lipinski definition) is 3. The van der Waals surface area contributed by atoms with Crippen molar-refractivity contribution in [2.75, 3.05) is 0 Å². The van der Waals surface area contributed by atoms with E-state index in [4.69, 9.17) is 5.11 Å². The molecule has 0 aromatic carbocycles. The van der Waals surface area contributed by atoms with Gasteiger partial charge in [0.2, 0.25) is 0 Å². The Balaban J connectivity index is 2.31. The van der Waals surface area contributed by atoms with Gasteiger partial charge in [0.05, 0.1) is 11.4 Å². The van der Waals surface area contributed by atoms with Crippen molar-refractivity contribution >= 4 is 5.97 Å². The standard InChI is InChI=1S/C14H20N2O2/c1-9-12(14(17)18)10(2)16-13(15-9)11-7-5-3-4-6-8-11/h11H,3-8H2,1-2H3,(H,17,18). The summed E-state index contributed by atoms with van der Waals surface area (Å²) in [6, 6.07) is 0. The van der Waals surface area contributed by atoms with Crippen molar-refractivity contribution < 1.29 is 9.90 Å². The lowest BCUT2D eigenvalue weighted by atomic mass is 9.99. The predicted molar refractivity (Wildman–Crippen MR) is 68.9 cm³/mol. The summed E-state index contributed by atoms with van der Waals surface area (Å²) in [6.45, 7) is 3.52. The van der Waals surface area contributed by atoms with E-state index in [9.17, 15) is 4.79 Å². The van der Waals surface area contributed by atoms with Gasteiger partial charge in [-0.15, -0.1) is 0 Å². The summed E-state index contributed by atoms with van der Waals surface area (Å²) in [4.78, 5) is 20.0. The van der Waals surface area contributed by atoms with Crippen LogP contribution in [-0.4, -0.2) is 21.0 Å². The third kappa shape index (κ3) is 2.68. The molecule has 2 rings (SSSR count). The van der Waals surface area contributed by atoms with Gasteiger partial charge in [0.1, 0.15) is 11.4 Å². The Bertz CT molecular complexity index is 426. The topological polar surface area (TPSA) is 63.1 Å². The molecular formula is C14H20N2O2. The Hall–Kier alpha value is -1.45. The maximum Gasteiger partial charge on any atom is 0.339 e. The first-order chi connectivity index (χ1) is 8.59. The minimum Gasteiger partial charge on any atom is -0.478 e. The number of nitrogens with zero attached hydrogens (tertiary/aromatic N) is 2. The van der Waals surface area contributed by atoms with E-state index in [1.807, 2.05) is 0 Å². The summed E-state index contributed by atoms with van der Waals surface area (Å²) >= 11 is 0. The van der Waals surface area contributed by atoms with Crippen LogP contribution < -0.4 is 0 Å². The monoisotopic (exact) mass is 248 g/mol. The average molecular weight is 248 g/mol.